The summed E-state index contributed by atoms with van der Waals surface area (Å²) in [4.78, 5) is 21.1. The van der Waals surface area contributed by atoms with Crippen LogP contribution in [-0.4, -0.2) is 16.0 Å². The fourth-order valence-electron chi connectivity index (χ4n) is 1.85. The van der Waals surface area contributed by atoms with Crippen LogP contribution in [-0.2, 0) is 13.2 Å². The van der Waals surface area contributed by atoms with Crippen LogP contribution in [0, 0.1) is 10.1 Å². The summed E-state index contributed by atoms with van der Waals surface area (Å²) < 4.78 is 5.56. The van der Waals surface area contributed by atoms with Gasteiger partial charge in [0.1, 0.15) is 12.4 Å². The smallest absolute Gasteiger partial charge is 0.335 e. The van der Waals surface area contributed by atoms with Gasteiger partial charge in [0.2, 0.25) is 6.54 Å². The number of rotatable bonds is 6. The Hall–Kier alpha value is -2.89. The number of ether oxygens (including phenoxy) is 1. The van der Waals surface area contributed by atoms with Crippen molar-refractivity contribution in [3.05, 3.63) is 75.3 Å². The van der Waals surface area contributed by atoms with E-state index in [0.717, 1.165) is 5.56 Å². The van der Waals surface area contributed by atoms with Gasteiger partial charge in [0.25, 0.3) is 0 Å². The van der Waals surface area contributed by atoms with Crippen molar-refractivity contribution in [2.45, 2.75) is 13.2 Å². The minimum atomic E-state index is -1.13. The van der Waals surface area contributed by atoms with Gasteiger partial charge in [-0.25, -0.2) is 4.79 Å². The van der Waals surface area contributed by atoms with Gasteiger partial charge in [0.05, 0.1) is 11.1 Å². The van der Waals surface area contributed by atoms with E-state index in [1.165, 1.54) is 18.2 Å². The van der Waals surface area contributed by atoms with Crippen LogP contribution in [0.15, 0.2) is 48.5 Å². The van der Waals surface area contributed by atoms with Crippen LogP contribution in [0.25, 0.3) is 0 Å². The first kappa shape index (κ1) is 14.5. The summed E-state index contributed by atoms with van der Waals surface area (Å²) in [6, 6.07) is 13.4. The largest absolute Gasteiger partial charge is 0.488 e. The summed E-state index contributed by atoms with van der Waals surface area (Å²) in [6.07, 6.45) is 0. The third-order valence-corrected chi connectivity index (χ3v) is 2.84. The molecule has 0 atom stereocenters. The lowest BCUT2D eigenvalue weighted by atomic mass is 10.1. The number of carboxylic acids is 1. The van der Waals surface area contributed by atoms with Gasteiger partial charge in [0, 0.05) is 4.92 Å². The first-order valence-electron chi connectivity index (χ1n) is 6.21. The zero-order valence-electron chi connectivity index (χ0n) is 11.1. The number of aromatic carboxylic acids is 1. The van der Waals surface area contributed by atoms with E-state index in [0.29, 0.717) is 5.75 Å². The topological polar surface area (TPSA) is 89.7 Å². The van der Waals surface area contributed by atoms with E-state index in [1.54, 1.807) is 0 Å². The first-order valence-corrected chi connectivity index (χ1v) is 6.21. The maximum atomic E-state index is 10.9. The standard InChI is InChI=1S/C15H13NO5/c17-15(18)12-6-7-14(13(8-12)9-16(19)20)21-10-11-4-2-1-3-5-11/h1-8H,9-10H2,(H,17,18). The maximum Gasteiger partial charge on any atom is 0.335 e. The third kappa shape index (κ3) is 4.04. The molecule has 2 aromatic rings. The molecule has 6 nitrogen and oxygen atoms in total. The van der Waals surface area contributed by atoms with Crippen molar-refractivity contribution < 1.29 is 19.6 Å². The third-order valence-electron chi connectivity index (χ3n) is 2.84. The van der Waals surface area contributed by atoms with Crippen molar-refractivity contribution in [2.75, 3.05) is 0 Å². The highest BCUT2D eigenvalue weighted by Gasteiger charge is 2.14. The lowest BCUT2D eigenvalue weighted by Gasteiger charge is -2.10. The van der Waals surface area contributed by atoms with Gasteiger partial charge in [-0.2, -0.15) is 0 Å². The van der Waals surface area contributed by atoms with E-state index >= 15 is 0 Å². The van der Waals surface area contributed by atoms with Crippen LogP contribution < -0.4 is 4.74 Å². The molecule has 6 heteroatoms. The Bertz CT molecular complexity index is 654. The molecule has 2 aromatic carbocycles. The number of hydrogen-bond donors (Lipinski definition) is 1. The molecule has 0 aliphatic carbocycles. The monoisotopic (exact) mass is 287 g/mol. The summed E-state index contributed by atoms with van der Waals surface area (Å²) in [5.41, 5.74) is 1.17. The maximum absolute atomic E-state index is 10.9. The Morgan fingerprint density at radius 3 is 2.52 bits per heavy atom. The van der Waals surface area contributed by atoms with E-state index in [9.17, 15) is 14.9 Å². The molecule has 0 fully saturated rings. The van der Waals surface area contributed by atoms with E-state index in [1.807, 2.05) is 30.3 Å². The van der Waals surface area contributed by atoms with Crippen molar-refractivity contribution in [1.29, 1.82) is 0 Å². The van der Waals surface area contributed by atoms with Gasteiger partial charge in [-0.1, -0.05) is 30.3 Å². The van der Waals surface area contributed by atoms with Crippen LogP contribution in [0.3, 0.4) is 0 Å². The van der Waals surface area contributed by atoms with Gasteiger partial charge in [-0.15, -0.1) is 0 Å². The van der Waals surface area contributed by atoms with Crippen LogP contribution in [0.1, 0.15) is 21.5 Å². The van der Waals surface area contributed by atoms with Crippen LogP contribution in [0.5, 0.6) is 5.75 Å². The molecule has 0 heterocycles. The van der Waals surface area contributed by atoms with Crippen molar-refractivity contribution in [3.63, 3.8) is 0 Å². The minimum Gasteiger partial charge on any atom is -0.488 e. The van der Waals surface area contributed by atoms with Crippen molar-refractivity contribution in [2.24, 2.45) is 0 Å². The number of hydrogen-bond acceptors (Lipinski definition) is 4. The lowest BCUT2D eigenvalue weighted by molar-refractivity contribution is -0.496. The van der Waals surface area contributed by atoms with Gasteiger partial charge in [-0.3, -0.25) is 10.1 Å². The van der Waals surface area contributed by atoms with E-state index in [4.69, 9.17) is 9.84 Å². The minimum absolute atomic E-state index is 0.00101. The van der Waals surface area contributed by atoms with Gasteiger partial charge in [0.15, 0.2) is 0 Å². The molecule has 1 N–H and O–H groups in total. The lowest BCUT2D eigenvalue weighted by Crippen LogP contribution is -2.06. The zero-order valence-corrected chi connectivity index (χ0v) is 11.1. The molecule has 0 aromatic heterocycles. The summed E-state index contributed by atoms with van der Waals surface area (Å²) >= 11 is 0. The summed E-state index contributed by atoms with van der Waals surface area (Å²) in [5.74, 6) is -0.810. The van der Waals surface area contributed by atoms with Gasteiger partial charge in [-0.05, 0) is 23.8 Å². The van der Waals surface area contributed by atoms with E-state index in [2.05, 4.69) is 0 Å². The fourth-order valence-corrected chi connectivity index (χ4v) is 1.85. The number of nitro groups is 1. The highest BCUT2D eigenvalue weighted by Crippen LogP contribution is 2.22. The molecule has 108 valence electrons. The quantitative estimate of drug-likeness (QED) is 0.651. The van der Waals surface area contributed by atoms with E-state index in [-0.39, 0.29) is 17.7 Å². The van der Waals surface area contributed by atoms with Crippen molar-refractivity contribution in [1.82, 2.24) is 0 Å². The van der Waals surface area contributed by atoms with Crippen molar-refractivity contribution in [3.8, 4) is 5.75 Å². The predicted octanol–water partition coefficient (Wildman–Crippen LogP) is 2.74. The number of benzene rings is 2. The van der Waals surface area contributed by atoms with Crippen LogP contribution in [0.4, 0.5) is 0 Å². The average Bonchev–Trinajstić information content (AvgIpc) is 2.46. The van der Waals surface area contributed by atoms with Crippen LogP contribution >= 0.6 is 0 Å². The molecule has 0 unspecified atom stereocenters. The van der Waals surface area contributed by atoms with Gasteiger partial charge < -0.3 is 9.84 Å². The summed E-state index contributed by atoms with van der Waals surface area (Å²) in [5, 5.41) is 19.6. The van der Waals surface area contributed by atoms with Crippen LogP contribution in [0.2, 0.25) is 0 Å². The highest BCUT2D eigenvalue weighted by molar-refractivity contribution is 5.88. The number of nitrogens with zero attached hydrogens (tertiary/aromatic N) is 1. The summed E-state index contributed by atoms with van der Waals surface area (Å²) in [7, 11) is 0. The molecular weight excluding hydrogens is 274 g/mol. The SMILES string of the molecule is O=C(O)c1ccc(OCc2ccccc2)c(C[N+](=O)[O-])c1. The molecule has 0 amide bonds. The second kappa shape index (κ2) is 6.51. The van der Waals surface area contributed by atoms with E-state index < -0.39 is 17.4 Å². The molecule has 0 aliphatic rings. The molecule has 0 saturated carbocycles. The normalized spacial score (nSPS) is 10.1. The molecular formula is C15H13NO5. The molecule has 0 spiro atoms. The zero-order chi connectivity index (χ0) is 15.2. The fraction of sp³-hybridized carbons (Fsp3) is 0.133. The Kier molecular flexibility index (Phi) is 4.50. The molecule has 0 saturated heterocycles. The van der Waals surface area contributed by atoms with Crippen molar-refractivity contribution >= 4 is 5.97 Å². The second-order valence-electron chi connectivity index (χ2n) is 4.39. The first-order chi connectivity index (χ1) is 10.1. The molecule has 21 heavy (non-hydrogen) atoms. The summed E-state index contributed by atoms with van der Waals surface area (Å²) in [6.45, 7) is -0.219. The number of carbonyl (C=O) groups is 1. The molecule has 0 aliphatic heterocycles. The molecule has 2 rings (SSSR count). The Labute approximate surface area is 120 Å². The van der Waals surface area contributed by atoms with Gasteiger partial charge >= 0.3 is 5.97 Å². The Morgan fingerprint density at radius 2 is 1.90 bits per heavy atom. The Balaban J connectivity index is 2.21. The molecule has 0 bridgehead atoms. The molecule has 0 radical (unpaired) electrons. The number of carboxylic acid groups (broad SMARTS) is 1. The Morgan fingerprint density at radius 1 is 1.19 bits per heavy atom. The predicted molar refractivity (Wildman–Crippen MR) is 74.9 cm³/mol. The second-order valence-corrected chi connectivity index (χ2v) is 4.39. The average molecular weight is 287 g/mol. The highest BCUT2D eigenvalue weighted by atomic mass is 16.6.